The number of aromatic carboxylic acids is 1. The zero-order chi connectivity index (χ0) is 17.9. The summed E-state index contributed by atoms with van der Waals surface area (Å²) in [5.74, 6) is -0.426. The van der Waals surface area contributed by atoms with Crippen LogP contribution in [-0.2, 0) is 6.54 Å². The number of carbonyl (C=O) groups is 1. The fourth-order valence-electron chi connectivity index (χ4n) is 3.63. The number of likely N-dealkylation sites (tertiary alicyclic amines) is 1. The molecule has 1 aromatic heterocycles. The summed E-state index contributed by atoms with van der Waals surface area (Å²) in [4.78, 5) is 13.4. The number of carboxylic acid groups (broad SMARTS) is 1. The second kappa shape index (κ2) is 7.14. The normalized spacial score (nSPS) is 17.5. The highest BCUT2D eigenvalue weighted by molar-refractivity contribution is 5.87. The van der Waals surface area contributed by atoms with Crippen LogP contribution < -0.4 is 0 Å². The van der Waals surface area contributed by atoms with E-state index in [9.17, 15) is 4.79 Å². The molecule has 2 heterocycles. The maximum Gasteiger partial charge on any atom is 0.335 e. The first-order valence-corrected chi connectivity index (χ1v) is 8.84. The molecule has 1 fully saturated rings. The van der Waals surface area contributed by atoms with Crippen LogP contribution in [0.3, 0.4) is 0 Å². The van der Waals surface area contributed by atoms with E-state index in [1.54, 1.807) is 12.1 Å². The van der Waals surface area contributed by atoms with E-state index in [1.165, 1.54) is 11.3 Å². The van der Waals surface area contributed by atoms with Crippen LogP contribution in [0.15, 0.2) is 66.9 Å². The van der Waals surface area contributed by atoms with Gasteiger partial charge < -0.3 is 5.11 Å². The number of hydrogen-bond acceptors (Lipinski definition) is 3. The van der Waals surface area contributed by atoms with Crippen molar-refractivity contribution in [1.29, 1.82) is 0 Å². The van der Waals surface area contributed by atoms with Crippen LogP contribution in [0.25, 0.3) is 5.69 Å². The second-order valence-corrected chi connectivity index (χ2v) is 6.72. The fourth-order valence-corrected chi connectivity index (χ4v) is 3.63. The molecule has 2 aromatic carbocycles. The molecule has 0 amide bonds. The van der Waals surface area contributed by atoms with Crippen molar-refractivity contribution in [3.05, 3.63) is 83.7 Å². The number of para-hydroxylation sites is 1. The lowest BCUT2D eigenvalue weighted by Gasteiger charge is -2.17. The molecule has 26 heavy (non-hydrogen) atoms. The molecule has 0 unspecified atom stereocenters. The first kappa shape index (κ1) is 16.5. The predicted molar refractivity (Wildman–Crippen MR) is 99.6 cm³/mol. The van der Waals surface area contributed by atoms with E-state index in [1.807, 2.05) is 41.2 Å². The molecule has 0 saturated carbocycles. The molecule has 1 aliphatic rings. The third kappa shape index (κ3) is 3.39. The van der Waals surface area contributed by atoms with Gasteiger partial charge in [0.25, 0.3) is 0 Å². The lowest BCUT2D eigenvalue weighted by Crippen LogP contribution is -2.21. The lowest BCUT2D eigenvalue weighted by atomic mass is 9.97. The molecule has 3 aromatic rings. The second-order valence-electron chi connectivity index (χ2n) is 6.72. The predicted octanol–water partition coefficient (Wildman–Crippen LogP) is 3.56. The Morgan fingerprint density at radius 1 is 1.08 bits per heavy atom. The van der Waals surface area contributed by atoms with Crippen molar-refractivity contribution in [1.82, 2.24) is 14.7 Å². The Labute approximate surface area is 152 Å². The van der Waals surface area contributed by atoms with Gasteiger partial charge in [-0.25, -0.2) is 9.48 Å². The Balaban J connectivity index is 1.44. The van der Waals surface area contributed by atoms with Crippen LogP contribution in [-0.4, -0.2) is 38.8 Å². The summed E-state index contributed by atoms with van der Waals surface area (Å²) in [6.45, 7) is 2.87. The quantitative estimate of drug-likeness (QED) is 0.767. The van der Waals surface area contributed by atoms with Gasteiger partial charge in [-0.2, -0.15) is 5.10 Å². The Morgan fingerprint density at radius 3 is 2.58 bits per heavy atom. The third-order valence-corrected chi connectivity index (χ3v) is 5.01. The Hall–Kier alpha value is -2.92. The van der Waals surface area contributed by atoms with Crippen LogP contribution in [0.1, 0.15) is 34.0 Å². The summed E-state index contributed by atoms with van der Waals surface area (Å²) in [5.41, 5.74) is 3.81. The molecule has 1 saturated heterocycles. The average Bonchev–Trinajstić information content (AvgIpc) is 3.32. The molecule has 0 bridgehead atoms. The molecule has 5 nitrogen and oxygen atoms in total. The van der Waals surface area contributed by atoms with E-state index in [-0.39, 0.29) is 0 Å². The van der Waals surface area contributed by atoms with Crippen LogP contribution >= 0.6 is 0 Å². The molecule has 5 heteroatoms. The SMILES string of the molecule is O=C(O)c1ccc([C@H]2CCN(Cc3ccnn3-c3ccccc3)C2)cc1. The van der Waals surface area contributed by atoms with Crippen LogP contribution in [0.5, 0.6) is 0 Å². The van der Waals surface area contributed by atoms with E-state index in [0.717, 1.165) is 31.7 Å². The number of carboxylic acids is 1. The van der Waals surface area contributed by atoms with Gasteiger partial charge in [-0.05, 0) is 54.8 Å². The van der Waals surface area contributed by atoms with Gasteiger partial charge >= 0.3 is 5.97 Å². The van der Waals surface area contributed by atoms with Gasteiger partial charge in [0, 0.05) is 19.3 Å². The molecular weight excluding hydrogens is 326 g/mol. The van der Waals surface area contributed by atoms with Crippen LogP contribution in [0.2, 0.25) is 0 Å². The Bertz CT molecular complexity index is 887. The van der Waals surface area contributed by atoms with Crippen molar-refractivity contribution in [2.24, 2.45) is 0 Å². The van der Waals surface area contributed by atoms with Crippen molar-refractivity contribution in [2.75, 3.05) is 13.1 Å². The summed E-state index contributed by atoms with van der Waals surface area (Å²) < 4.78 is 2.00. The highest BCUT2D eigenvalue weighted by Crippen LogP contribution is 2.28. The largest absolute Gasteiger partial charge is 0.478 e. The fraction of sp³-hybridized carbons (Fsp3) is 0.238. The van der Waals surface area contributed by atoms with Gasteiger partial charge in [0.1, 0.15) is 0 Å². The zero-order valence-corrected chi connectivity index (χ0v) is 14.5. The first-order chi connectivity index (χ1) is 12.7. The molecule has 1 N–H and O–H groups in total. The summed E-state index contributed by atoms with van der Waals surface area (Å²) in [6, 6.07) is 19.5. The van der Waals surface area contributed by atoms with Crippen molar-refractivity contribution >= 4 is 5.97 Å². The van der Waals surface area contributed by atoms with Gasteiger partial charge in [-0.15, -0.1) is 0 Å². The molecule has 0 radical (unpaired) electrons. The molecular formula is C21H21N3O2. The van der Waals surface area contributed by atoms with E-state index >= 15 is 0 Å². The van der Waals surface area contributed by atoms with E-state index < -0.39 is 5.97 Å². The van der Waals surface area contributed by atoms with Crippen LogP contribution in [0, 0.1) is 0 Å². The number of rotatable bonds is 5. The monoisotopic (exact) mass is 347 g/mol. The standard InChI is InChI=1S/C21H21N3O2/c25-21(26)17-8-6-16(7-9-17)18-11-13-23(14-18)15-20-10-12-22-24(20)19-4-2-1-3-5-19/h1-10,12,18H,11,13-15H2,(H,25,26)/t18-/m0/s1. The molecule has 4 rings (SSSR count). The summed E-state index contributed by atoms with van der Waals surface area (Å²) >= 11 is 0. The number of nitrogens with zero attached hydrogens (tertiary/aromatic N) is 3. The van der Waals surface area contributed by atoms with Crippen molar-refractivity contribution in [3.63, 3.8) is 0 Å². The number of hydrogen-bond donors (Lipinski definition) is 1. The van der Waals surface area contributed by atoms with Gasteiger partial charge in [0.2, 0.25) is 0 Å². The molecule has 1 aliphatic heterocycles. The van der Waals surface area contributed by atoms with E-state index in [4.69, 9.17) is 5.11 Å². The minimum atomic E-state index is -0.876. The molecule has 0 spiro atoms. The van der Waals surface area contributed by atoms with Gasteiger partial charge in [-0.1, -0.05) is 30.3 Å². The third-order valence-electron chi connectivity index (χ3n) is 5.01. The smallest absolute Gasteiger partial charge is 0.335 e. The van der Waals surface area contributed by atoms with Gasteiger partial charge in [0.05, 0.1) is 16.9 Å². The minimum absolute atomic E-state index is 0.343. The molecule has 132 valence electrons. The van der Waals surface area contributed by atoms with Gasteiger partial charge in [0.15, 0.2) is 0 Å². The summed E-state index contributed by atoms with van der Waals surface area (Å²) in [6.07, 6.45) is 2.94. The average molecular weight is 347 g/mol. The van der Waals surface area contributed by atoms with Crippen LogP contribution in [0.4, 0.5) is 0 Å². The Kier molecular flexibility index (Phi) is 4.54. The maximum atomic E-state index is 11.0. The lowest BCUT2D eigenvalue weighted by molar-refractivity contribution is 0.0697. The van der Waals surface area contributed by atoms with Crippen molar-refractivity contribution in [2.45, 2.75) is 18.9 Å². The Morgan fingerprint density at radius 2 is 1.85 bits per heavy atom. The number of aromatic nitrogens is 2. The first-order valence-electron chi connectivity index (χ1n) is 8.84. The highest BCUT2D eigenvalue weighted by atomic mass is 16.4. The van der Waals surface area contributed by atoms with Gasteiger partial charge in [-0.3, -0.25) is 4.90 Å². The topological polar surface area (TPSA) is 58.4 Å². The summed E-state index contributed by atoms with van der Waals surface area (Å²) in [7, 11) is 0. The molecule has 0 aliphatic carbocycles. The van der Waals surface area contributed by atoms with Crippen molar-refractivity contribution in [3.8, 4) is 5.69 Å². The van der Waals surface area contributed by atoms with E-state index in [2.05, 4.69) is 28.2 Å². The summed E-state index contributed by atoms with van der Waals surface area (Å²) in [5, 5.41) is 13.5. The van der Waals surface area contributed by atoms with E-state index in [0.29, 0.717) is 11.5 Å². The van der Waals surface area contributed by atoms with Crippen molar-refractivity contribution < 1.29 is 9.90 Å². The minimum Gasteiger partial charge on any atom is -0.478 e. The highest BCUT2D eigenvalue weighted by Gasteiger charge is 2.25. The zero-order valence-electron chi connectivity index (χ0n) is 14.5. The molecule has 1 atom stereocenters. The maximum absolute atomic E-state index is 11.0. The number of benzene rings is 2.